The van der Waals surface area contributed by atoms with Crippen LogP contribution in [0.4, 0.5) is 0 Å². The van der Waals surface area contributed by atoms with Crippen molar-refractivity contribution in [2.24, 2.45) is 0 Å². The molecular weight excluding hydrogens is 356 g/mol. The third kappa shape index (κ3) is 2.75. The molecule has 0 fully saturated rings. The van der Waals surface area contributed by atoms with E-state index >= 15 is 0 Å². The zero-order valence-electron chi connectivity index (χ0n) is 19.3. The maximum absolute atomic E-state index is 10.9. The van der Waals surface area contributed by atoms with Crippen molar-refractivity contribution >= 4 is 0 Å². The van der Waals surface area contributed by atoms with E-state index in [4.69, 9.17) is 0 Å². The largest absolute Gasteiger partial charge is 0.508 e. The van der Waals surface area contributed by atoms with Crippen LogP contribution in [0.3, 0.4) is 0 Å². The van der Waals surface area contributed by atoms with E-state index in [0.717, 1.165) is 24.0 Å². The summed E-state index contributed by atoms with van der Waals surface area (Å²) >= 11 is 0. The first-order valence-electron chi connectivity index (χ1n) is 11.1. The SMILES string of the molecule is CC(C)c1cc2c(cc1O)C1(CC2(C)C)CC(C)(C)c2cc(C(C)C)c(O)cc21. The predicted octanol–water partition coefficient (Wildman–Crippen LogP) is 6.99. The molecule has 0 aliphatic heterocycles. The molecule has 1 spiro atoms. The minimum atomic E-state index is -0.155. The van der Waals surface area contributed by atoms with Gasteiger partial charge in [-0.3, -0.25) is 0 Å². The zero-order valence-corrected chi connectivity index (χ0v) is 19.3. The van der Waals surface area contributed by atoms with Gasteiger partial charge in [0, 0.05) is 5.41 Å². The highest BCUT2D eigenvalue weighted by atomic mass is 16.3. The van der Waals surface area contributed by atoms with E-state index in [-0.39, 0.29) is 28.1 Å². The molecule has 2 aliphatic rings. The fourth-order valence-corrected chi connectivity index (χ4v) is 6.33. The van der Waals surface area contributed by atoms with Crippen molar-refractivity contribution in [1.29, 1.82) is 0 Å². The van der Waals surface area contributed by atoms with Crippen LogP contribution >= 0.6 is 0 Å². The van der Waals surface area contributed by atoms with Gasteiger partial charge >= 0.3 is 0 Å². The Balaban J connectivity index is 2.02. The van der Waals surface area contributed by atoms with Crippen molar-refractivity contribution in [1.82, 2.24) is 0 Å². The molecule has 156 valence electrons. The lowest BCUT2D eigenvalue weighted by atomic mass is 9.72. The normalized spacial score (nSPS) is 20.5. The number of hydrogen-bond acceptors (Lipinski definition) is 2. The van der Waals surface area contributed by atoms with E-state index in [0.29, 0.717) is 11.5 Å². The highest BCUT2D eigenvalue weighted by Gasteiger charge is 2.56. The van der Waals surface area contributed by atoms with Crippen molar-refractivity contribution in [3.8, 4) is 11.5 Å². The fourth-order valence-electron chi connectivity index (χ4n) is 6.33. The van der Waals surface area contributed by atoms with E-state index in [2.05, 4.69) is 67.5 Å². The molecule has 0 bridgehead atoms. The van der Waals surface area contributed by atoms with Crippen LogP contribution in [-0.2, 0) is 16.2 Å². The third-order valence-electron chi connectivity index (χ3n) is 7.55. The molecule has 4 rings (SSSR count). The number of hydrogen-bond donors (Lipinski definition) is 2. The Morgan fingerprint density at radius 3 is 1.28 bits per heavy atom. The molecule has 2 aliphatic carbocycles. The molecule has 29 heavy (non-hydrogen) atoms. The van der Waals surface area contributed by atoms with Gasteiger partial charge in [-0.2, -0.15) is 0 Å². The molecule has 2 aromatic carbocycles. The van der Waals surface area contributed by atoms with Crippen LogP contribution in [0, 0.1) is 0 Å². The third-order valence-corrected chi connectivity index (χ3v) is 7.55. The molecule has 0 saturated carbocycles. The molecule has 0 aromatic heterocycles. The second kappa shape index (κ2) is 6.03. The molecule has 0 unspecified atom stereocenters. The van der Waals surface area contributed by atoms with Crippen LogP contribution in [0.15, 0.2) is 24.3 Å². The average Bonchev–Trinajstić information content (AvgIpc) is 2.92. The maximum atomic E-state index is 10.9. The average molecular weight is 393 g/mol. The van der Waals surface area contributed by atoms with Crippen molar-refractivity contribution in [2.45, 2.75) is 96.3 Å². The highest BCUT2D eigenvalue weighted by molar-refractivity contribution is 5.64. The summed E-state index contributed by atoms with van der Waals surface area (Å²) in [6.45, 7) is 17.9. The number of fused-ring (bicyclic) bond motifs is 4. The van der Waals surface area contributed by atoms with Gasteiger partial charge in [-0.15, -0.1) is 0 Å². The summed E-state index contributed by atoms with van der Waals surface area (Å²) < 4.78 is 0. The molecule has 2 heteroatoms. The standard InChI is InChI=1S/C27H36O2/c1-15(2)17-9-19-21(11-23(17)28)27(13-25(19,5)6)14-26(7,8)20-10-18(16(3)4)24(29)12-22(20)27/h9-12,15-16,28-29H,13-14H2,1-8H3. The Morgan fingerprint density at radius 2 is 0.966 bits per heavy atom. The minimum absolute atomic E-state index is 0.0245. The summed E-state index contributed by atoms with van der Waals surface area (Å²) in [6, 6.07) is 8.57. The van der Waals surface area contributed by atoms with E-state index in [1.54, 1.807) is 0 Å². The quantitative estimate of drug-likeness (QED) is 0.578. The van der Waals surface area contributed by atoms with E-state index in [9.17, 15) is 10.2 Å². The summed E-state index contributed by atoms with van der Waals surface area (Å²) in [5.41, 5.74) is 7.19. The van der Waals surface area contributed by atoms with Gasteiger partial charge in [-0.05, 0) is 81.0 Å². The molecule has 0 heterocycles. The molecule has 0 radical (unpaired) electrons. The van der Waals surface area contributed by atoms with Gasteiger partial charge in [0.2, 0.25) is 0 Å². The molecule has 0 amide bonds. The fraction of sp³-hybridized carbons (Fsp3) is 0.556. The van der Waals surface area contributed by atoms with Gasteiger partial charge in [0.15, 0.2) is 0 Å². The zero-order chi connectivity index (χ0) is 21.5. The van der Waals surface area contributed by atoms with Crippen molar-refractivity contribution < 1.29 is 10.2 Å². The number of phenols is 2. The first-order chi connectivity index (χ1) is 13.3. The lowest BCUT2D eigenvalue weighted by molar-refractivity contribution is 0.348. The summed E-state index contributed by atoms with van der Waals surface area (Å²) in [6.07, 6.45) is 2.01. The van der Waals surface area contributed by atoms with Crippen LogP contribution in [0.5, 0.6) is 11.5 Å². The lowest BCUT2D eigenvalue weighted by Gasteiger charge is -2.30. The van der Waals surface area contributed by atoms with E-state index in [1.807, 2.05) is 12.1 Å². The van der Waals surface area contributed by atoms with E-state index in [1.165, 1.54) is 22.3 Å². The lowest BCUT2D eigenvalue weighted by Crippen LogP contribution is -2.26. The van der Waals surface area contributed by atoms with Crippen LogP contribution in [0.25, 0.3) is 0 Å². The maximum Gasteiger partial charge on any atom is 0.119 e. The number of phenolic OH excluding ortho intramolecular Hbond substituents is 2. The molecule has 2 nitrogen and oxygen atoms in total. The first kappa shape index (κ1) is 20.3. The topological polar surface area (TPSA) is 40.5 Å². The second-order valence-corrected chi connectivity index (χ2v) is 11.4. The predicted molar refractivity (Wildman–Crippen MR) is 120 cm³/mol. The highest BCUT2D eigenvalue weighted by Crippen LogP contribution is 2.64. The smallest absolute Gasteiger partial charge is 0.119 e. The van der Waals surface area contributed by atoms with Crippen molar-refractivity contribution in [3.63, 3.8) is 0 Å². The second-order valence-electron chi connectivity index (χ2n) is 11.4. The summed E-state index contributed by atoms with van der Waals surface area (Å²) in [5.74, 6) is 1.39. The Hall–Kier alpha value is -1.96. The molecule has 0 atom stereocenters. The summed E-state index contributed by atoms with van der Waals surface area (Å²) in [4.78, 5) is 0. The van der Waals surface area contributed by atoms with Gasteiger partial charge in [0.1, 0.15) is 11.5 Å². The monoisotopic (exact) mass is 392 g/mol. The molecule has 2 N–H and O–H groups in total. The Labute approximate surface area is 176 Å². The van der Waals surface area contributed by atoms with Crippen LogP contribution in [0.2, 0.25) is 0 Å². The Morgan fingerprint density at radius 1 is 0.621 bits per heavy atom. The molecular formula is C27H36O2. The number of benzene rings is 2. The van der Waals surface area contributed by atoms with Crippen LogP contribution in [-0.4, -0.2) is 10.2 Å². The summed E-state index contributed by atoms with van der Waals surface area (Å²) in [7, 11) is 0. The minimum Gasteiger partial charge on any atom is -0.508 e. The summed E-state index contributed by atoms with van der Waals surface area (Å²) in [5, 5.41) is 21.7. The van der Waals surface area contributed by atoms with Crippen LogP contribution < -0.4 is 0 Å². The Kier molecular flexibility index (Phi) is 4.22. The van der Waals surface area contributed by atoms with Gasteiger partial charge in [-0.25, -0.2) is 0 Å². The van der Waals surface area contributed by atoms with Gasteiger partial charge in [-0.1, -0.05) is 67.5 Å². The van der Waals surface area contributed by atoms with Gasteiger partial charge in [0.25, 0.3) is 0 Å². The first-order valence-corrected chi connectivity index (χ1v) is 11.1. The van der Waals surface area contributed by atoms with Crippen LogP contribution in [0.1, 0.15) is 113 Å². The van der Waals surface area contributed by atoms with Crippen molar-refractivity contribution in [3.05, 3.63) is 57.6 Å². The van der Waals surface area contributed by atoms with Gasteiger partial charge < -0.3 is 10.2 Å². The van der Waals surface area contributed by atoms with E-state index < -0.39 is 0 Å². The number of aromatic hydroxyl groups is 2. The molecule has 0 saturated heterocycles. The molecule has 2 aromatic rings. The number of rotatable bonds is 2. The van der Waals surface area contributed by atoms with Gasteiger partial charge in [0.05, 0.1) is 0 Å². The Bertz CT molecular complexity index is 911. The van der Waals surface area contributed by atoms with Crippen molar-refractivity contribution in [2.75, 3.05) is 0 Å².